The van der Waals surface area contributed by atoms with Crippen LogP contribution in [0.15, 0.2) is 12.1 Å². The molecular weight excluding hydrogens is 261 g/mol. The van der Waals surface area contributed by atoms with E-state index in [9.17, 15) is 13.2 Å². The zero-order valence-electron chi connectivity index (χ0n) is 10.2. The van der Waals surface area contributed by atoms with E-state index in [1.54, 1.807) is 0 Å². The first kappa shape index (κ1) is 13.8. The molecule has 1 aromatic carbocycles. The summed E-state index contributed by atoms with van der Waals surface area (Å²) in [4.78, 5) is 0. The Hall–Kier alpha value is -1.63. The summed E-state index contributed by atoms with van der Waals surface area (Å²) in [5, 5.41) is 0. The molecule has 0 spiro atoms. The molecule has 1 fully saturated rings. The molecule has 4 N–H and O–H groups in total. The molecule has 0 radical (unpaired) electrons. The first-order valence-electron chi connectivity index (χ1n) is 5.88. The van der Waals surface area contributed by atoms with Gasteiger partial charge in [0.1, 0.15) is 6.61 Å². The molecule has 1 heterocycles. The molecule has 7 heteroatoms. The van der Waals surface area contributed by atoms with Crippen LogP contribution in [0.25, 0.3) is 0 Å². The molecule has 19 heavy (non-hydrogen) atoms. The molecule has 2 rings (SSSR count). The first-order valence-corrected chi connectivity index (χ1v) is 5.88. The van der Waals surface area contributed by atoms with Gasteiger partial charge in [0.25, 0.3) is 0 Å². The molecule has 1 aliphatic heterocycles. The fraction of sp³-hybridized carbons (Fsp3) is 0.500. The largest absolute Gasteiger partial charge is 0.487 e. The number of anilines is 2. The normalized spacial score (nSPS) is 19.6. The number of nitrogens with two attached hydrogens (primary N) is 2. The van der Waals surface area contributed by atoms with E-state index in [0.717, 1.165) is 25.0 Å². The SMILES string of the molecule is Nc1cc(C(F)(F)F)cc(N)c1OCC1CCCO1. The summed E-state index contributed by atoms with van der Waals surface area (Å²) in [6, 6.07) is 1.64. The summed E-state index contributed by atoms with van der Waals surface area (Å²) in [5.74, 6) is 0.0866. The third-order valence-corrected chi connectivity index (χ3v) is 2.91. The van der Waals surface area contributed by atoms with Crippen molar-refractivity contribution in [2.45, 2.75) is 25.1 Å². The zero-order chi connectivity index (χ0) is 14.0. The van der Waals surface area contributed by atoms with Crippen LogP contribution < -0.4 is 16.2 Å². The molecular formula is C12H15F3N2O2. The van der Waals surface area contributed by atoms with E-state index in [1.807, 2.05) is 0 Å². The fourth-order valence-electron chi connectivity index (χ4n) is 1.96. The molecule has 1 atom stereocenters. The van der Waals surface area contributed by atoms with Gasteiger partial charge in [0.2, 0.25) is 0 Å². The van der Waals surface area contributed by atoms with Crippen molar-refractivity contribution in [2.75, 3.05) is 24.7 Å². The minimum atomic E-state index is -4.48. The second-order valence-corrected chi connectivity index (χ2v) is 4.43. The number of hydrogen-bond acceptors (Lipinski definition) is 4. The van der Waals surface area contributed by atoms with E-state index in [0.29, 0.717) is 6.61 Å². The Labute approximate surface area is 108 Å². The van der Waals surface area contributed by atoms with E-state index >= 15 is 0 Å². The smallest absolute Gasteiger partial charge is 0.416 e. The predicted octanol–water partition coefficient (Wildman–Crippen LogP) is 2.43. The van der Waals surface area contributed by atoms with E-state index in [2.05, 4.69) is 0 Å². The van der Waals surface area contributed by atoms with Gasteiger partial charge in [-0.1, -0.05) is 0 Å². The molecule has 0 saturated carbocycles. The van der Waals surface area contributed by atoms with Gasteiger partial charge in [-0.05, 0) is 25.0 Å². The number of nitrogen functional groups attached to an aromatic ring is 2. The predicted molar refractivity (Wildman–Crippen MR) is 64.7 cm³/mol. The average Bonchev–Trinajstić information content (AvgIpc) is 2.79. The van der Waals surface area contributed by atoms with Gasteiger partial charge in [-0.2, -0.15) is 13.2 Å². The van der Waals surface area contributed by atoms with Crippen molar-refractivity contribution < 1.29 is 22.6 Å². The Balaban J connectivity index is 2.12. The lowest BCUT2D eigenvalue weighted by Gasteiger charge is -2.16. The van der Waals surface area contributed by atoms with Gasteiger partial charge in [0, 0.05) is 6.61 Å². The topological polar surface area (TPSA) is 70.5 Å². The number of alkyl halides is 3. The van der Waals surface area contributed by atoms with Crippen LogP contribution in [0, 0.1) is 0 Å². The highest BCUT2D eigenvalue weighted by molar-refractivity contribution is 5.69. The van der Waals surface area contributed by atoms with E-state index < -0.39 is 11.7 Å². The Morgan fingerprint density at radius 3 is 2.37 bits per heavy atom. The summed E-state index contributed by atoms with van der Waals surface area (Å²) in [6.07, 6.45) is -2.72. The molecule has 0 aromatic heterocycles. The minimum absolute atomic E-state index is 0.0545. The standard InChI is InChI=1S/C12H15F3N2O2/c13-12(14,15)7-4-9(16)11(10(17)5-7)19-6-8-2-1-3-18-8/h4-5,8H,1-3,6,16-17H2. The van der Waals surface area contributed by atoms with Crippen molar-refractivity contribution in [3.63, 3.8) is 0 Å². The number of hydrogen-bond donors (Lipinski definition) is 2. The maximum absolute atomic E-state index is 12.5. The molecule has 0 amide bonds. The lowest BCUT2D eigenvalue weighted by Crippen LogP contribution is -2.18. The van der Waals surface area contributed by atoms with Gasteiger partial charge in [-0.25, -0.2) is 0 Å². The van der Waals surface area contributed by atoms with Crippen LogP contribution in [-0.2, 0) is 10.9 Å². The number of ether oxygens (including phenoxy) is 2. The van der Waals surface area contributed by atoms with Gasteiger partial charge < -0.3 is 20.9 Å². The number of benzene rings is 1. The van der Waals surface area contributed by atoms with Crippen molar-refractivity contribution in [1.29, 1.82) is 0 Å². The Bertz CT molecular complexity index is 434. The summed E-state index contributed by atoms with van der Waals surface area (Å²) < 4.78 is 48.3. The molecule has 0 aliphatic carbocycles. The number of rotatable bonds is 3. The van der Waals surface area contributed by atoms with Crippen LogP contribution in [0.5, 0.6) is 5.75 Å². The molecule has 1 aromatic rings. The van der Waals surface area contributed by atoms with Crippen LogP contribution >= 0.6 is 0 Å². The van der Waals surface area contributed by atoms with Gasteiger partial charge in [0.15, 0.2) is 5.75 Å². The van der Waals surface area contributed by atoms with Crippen LogP contribution in [0.4, 0.5) is 24.5 Å². The van der Waals surface area contributed by atoms with Gasteiger partial charge in [0.05, 0.1) is 23.0 Å². The molecule has 1 unspecified atom stereocenters. The maximum Gasteiger partial charge on any atom is 0.416 e. The van der Waals surface area contributed by atoms with Gasteiger partial charge in [-0.3, -0.25) is 0 Å². The fourth-order valence-corrected chi connectivity index (χ4v) is 1.96. The summed E-state index contributed by atoms with van der Waals surface area (Å²) in [7, 11) is 0. The lowest BCUT2D eigenvalue weighted by atomic mass is 10.1. The van der Waals surface area contributed by atoms with Crippen molar-refractivity contribution in [1.82, 2.24) is 0 Å². The molecule has 1 saturated heterocycles. The van der Waals surface area contributed by atoms with E-state index in [1.165, 1.54) is 0 Å². The summed E-state index contributed by atoms with van der Waals surface area (Å²) >= 11 is 0. The van der Waals surface area contributed by atoms with E-state index in [-0.39, 0.29) is 29.8 Å². The van der Waals surface area contributed by atoms with Crippen molar-refractivity contribution in [3.05, 3.63) is 17.7 Å². The maximum atomic E-state index is 12.5. The van der Waals surface area contributed by atoms with Gasteiger partial charge >= 0.3 is 6.18 Å². The monoisotopic (exact) mass is 276 g/mol. The molecule has 1 aliphatic rings. The second kappa shape index (κ2) is 5.16. The average molecular weight is 276 g/mol. The Kier molecular flexibility index (Phi) is 3.75. The van der Waals surface area contributed by atoms with Crippen LogP contribution in [0.2, 0.25) is 0 Å². The van der Waals surface area contributed by atoms with Crippen molar-refractivity contribution in [2.24, 2.45) is 0 Å². The second-order valence-electron chi connectivity index (χ2n) is 4.43. The van der Waals surface area contributed by atoms with Crippen LogP contribution in [-0.4, -0.2) is 19.3 Å². The van der Waals surface area contributed by atoms with Crippen LogP contribution in [0.3, 0.4) is 0 Å². The molecule has 106 valence electrons. The van der Waals surface area contributed by atoms with Crippen LogP contribution in [0.1, 0.15) is 18.4 Å². The third kappa shape index (κ3) is 3.23. The highest BCUT2D eigenvalue weighted by Gasteiger charge is 2.32. The quantitative estimate of drug-likeness (QED) is 0.832. The Morgan fingerprint density at radius 2 is 1.89 bits per heavy atom. The van der Waals surface area contributed by atoms with Crippen molar-refractivity contribution >= 4 is 11.4 Å². The zero-order valence-corrected chi connectivity index (χ0v) is 10.2. The summed E-state index contributed by atoms with van der Waals surface area (Å²) in [5.41, 5.74) is 9.99. The lowest BCUT2D eigenvalue weighted by molar-refractivity contribution is -0.137. The van der Waals surface area contributed by atoms with Crippen molar-refractivity contribution in [3.8, 4) is 5.75 Å². The van der Waals surface area contributed by atoms with Gasteiger partial charge in [-0.15, -0.1) is 0 Å². The third-order valence-electron chi connectivity index (χ3n) is 2.91. The molecule has 4 nitrogen and oxygen atoms in total. The highest BCUT2D eigenvalue weighted by Crippen LogP contribution is 2.38. The Morgan fingerprint density at radius 1 is 1.26 bits per heavy atom. The summed E-state index contributed by atoms with van der Waals surface area (Å²) in [6.45, 7) is 0.908. The molecule has 0 bridgehead atoms. The first-order chi connectivity index (χ1) is 8.88. The minimum Gasteiger partial charge on any atom is -0.487 e. The number of halogens is 3. The van der Waals surface area contributed by atoms with E-state index in [4.69, 9.17) is 20.9 Å². The highest BCUT2D eigenvalue weighted by atomic mass is 19.4.